The SMILES string of the molecule is CC1c2nnc(C3CCC(Oc4ccccn4)CC3)n2-c2ccc(Br)cc2CC1C(=O)O. The van der Waals surface area contributed by atoms with Crippen LogP contribution in [0.5, 0.6) is 5.88 Å². The minimum Gasteiger partial charge on any atom is -0.481 e. The second-order valence-corrected chi connectivity index (χ2v) is 9.64. The third-order valence-electron chi connectivity index (χ3n) is 6.73. The lowest BCUT2D eigenvalue weighted by molar-refractivity contribution is -0.142. The Balaban J connectivity index is 1.44. The zero-order valence-corrected chi connectivity index (χ0v) is 19.4. The Morgan fingerprint density at radius 2 is 1.91 bits per heavy atom. The summed E-state index contributed by atoms with van der Waals surface area (Å²) in [6, 6.07) is 11.8. The summed E-state index contributed by atoms with van der Waals surface area (Å²) in [6.45, 7) is 1.95. The molecule has 0 radical (unpaired) electrons. The topological polar surface area (TPSA) is 90.1 Å². The maximum Gasteiger partial charge on any atom is 0.307 e. The van der Waals surface area contributed by atoms with E-state index < -0.39 is 11.9 Å². The number of ether oxygens (including phenoxy) is 1. The number of carboxylic acids is 1. The lowest BCUT2D eigenvalue weighted by Crippen LogP contribution is -2.25. The molecule has 7 nitrogen and oxygen atoms in total. The average molecular weight is 497 g/mol. The zero-order valence-electron chi connectivity index (χ0n) is 17.8. The molecule has 32 heavy (non-hydrogen) atoms. The van der Waals surface area contributed by atoms with E-state index >= 15 is 0 Å². The summed E-state index contributed by atoms with van der Waals surface area (Å²) in [5, 5.41) is 19.0. The predicted molar refractivity (Wildman–Crippen MR) is 122 cm³/mol. The lowest BCUT2D eigenvalue weighted by Gasteiger charge is -2.28. The first-order chi connectivity index (χ1) is 15.5. The van der Waals surface area contributed by atoms with Gasteiger partial charge in [-0.15, -0.1) is 10.2 Å². The molecule has 2 aromatic heterocycles. The van der Waals surface area contributed by atoms with Gasteiger partial charge >= 0.3 is 5.97 Å². The van der Waals surface area contributed by atoms with E-state index in [0.717, 1.165) is 53.1 Å². The van der Waals surface area contributed by atoms with Gasteiger partial charge in [0.05, 0.1) is 11.6 Å². The summed E-state index contributed by atoms with van der Waals surface area (Å²) in [5.74, 6) is 1.02. The molecular formula is C24H25BrN4O3. The lowest BCUT2D eigenvalue weighted by atomic mass is 9.86. The van der Waals surface area contributed by atoms with E-state index in [-0.39, 0.29) is 17.9 Å². The number of pyridine rings is 1. The zero-order chi connectivity index (χ0) is 22.2. The van der Waals surface area contributed by atoms with Gasteiger partial charge in [0.25, 0.3) is 0 Å². The summed E-state index contributed by atoms with van der Waals surface area (Å²) in [7, 11) is 0. The van der Waals surface area contributed by atoms with Gasteiger partial charge in [-0.25, -0.2) is 4.98 Å². The first-order valence-corrected chi connectivity index (χ1v) is 11.8. The third kappa shape index (κ3) is 3.92. The van der Waals surface area contributed by atoms with Gasteiger partial charge in [-0.2, -0.15) is 0 Å². The number of aromatic nitrogens is 4. The molecule has 0 bridgehead atoms. The highest BCUT2D eigenvalue weighted by Crippen LogP contribution is 2.40. The Bertz CT molecular complexity index is 1130. The van der Waals surface area contributed by atoms with Crippen molar-refractivity contribution >= 4 is 21.9 Å². The highest BCUT2D eigenvalue weighted by atomic mass is 79.9. The highest BCUT2D eigenvalue weighted by molar-refractivity contribution is 9.10. The number of carbonyl (C=O) groups is 1. The Morgan fingerprint density at radius 1 is 1.12 bits per heavy atom. The Hall–Kier alpha value is -2.74. The minimum absolute atomic E-state index is 0.145. The van der Waals surface area contributed by atoms with Crippen LogP contribution in [-0.4, -0.2) is 36.9 Å². The maximum atomic E-state index is 12.0. The number of aliphatic carboxylic acids is 1. The van der Waals surface area contributed by atoms with Gasteiger partial charge in [-0.1, -0.05) is 28.9 Å². The molecule has 0 amide bonds. The molecule has 1 N–H and O–H groups in total. The maximum absolute atomic E-state index is 12.0. The number of carboxylic acid groups (broad SMARTS) is 1. The molecule has 2 atom stereocenters. The normalized spacial score (nSPS) is 24.8. The quantitative estimate of drug-likeness (QED) is 0.552. The van der Waals surface area contributed by atoms with Gasteiger partial charge < -0.3 is 9.84 Å². The van der Waals surface area contributed by atoms with E-state index in [1.54, 1.807) is 6.20 Å². The molecule has 1 aliphatic carbocycles. The molecule has 3 heterocycles. The van der Waals surface area contributed by atoms with Gasteiger partial charge in [-0.05, 0) is 61.9 Å². The van der Waals surface area contributed by atoms with E-state index in [1.807, 2.05) is 43.3 Å². The van der Waals surface area contributed by atoms with Crippen LogP contribution in [0.2, 0.25) is 0 Å². The highest BCUT2D eigenvalue weighted by Gasteiger charge is 2.37. The molecule has 2 unspecified atom stereocenters. The molecule has 0 saturated heterocycles. The fraction of sp³-hybridized carbons (Fsp3) is 0.417. The van der Waals surface area contributed by atoms with Gasteiger partial charge in [-0.3, -0.25) is 9.36 Å². The van der Waals surface area contributed by atoms with Crippen molar-refractivity contribution in [3.8, 4) is 11.6 Å². The van der Waals surface area contributed by atoms with E-state index in [1.165, 1.54) is 0 Å². The molecule has 5 rings (SSSR count). The molecule has 0 spiro atoms. The van der Waals surface area contributed by atoms with E-state index in [9.17, 15) is 9.90 Å². The van der Waals surface area contributed by atoms with Crippen molar-refractivity contribution < 1.29 is 14.6 Å². The molecule has 8 heteroatoms. The molecule has 1 aromatic carbocycles. The van der Waals surface area contributed by atoms with Crippen LogP contribution in [0.1, 0.15) is 61.7 Å². The summed E-state index contributed by atoms with van der Waals surface area (Å²) in [5.41, 5.74) is 2.00. The molecule has 1 fully saturated rings. The van der Waals surface area contributed by atoms with Gasteiger partial charge in [0.1, 0.15) is 17.8 Å². The summed E-state index contributed by atoms with van der Waals surface area (Å²) < 4.78 is 9.12. The molecule has 1 aliphatic heterocycles. The van der Waals surface area contributed by atoms with Crippen molar-refractivity contribution in [2.24, 2.45) is 5.92 Å². The first-order valence-electron chi connectivity index (χ1n) is 11.1. The fourth-order valence-electron chi connectivity index (χ4n) is 4.97. The van der Waals surface area contributed by atoms with Crippen molar-refractivity contribution in [1.82, 2.24) is 19.7 Å². The number of benzene rings is 1. The average Bonchev–Trinajstić information content (AvgIpc) is 3.18. The van der Waals surface area contributed by atoms with Crippen LogP contribution in [0.25, 0.3) is 5.69 Å². The number of nitrogens with zero attached hydrogens (tertiary/aromatic N) is 4. The van der Waals surface area contributed by atoms with Crippen LogP contribution in [0.3, 0.4) is 0 Å². The van der Waals surface area contributed by atoms with Crippen LogP contribution in [0.15, 0.2) is 47.1 Å². The van der Waals surface area contributed by atoms with Crippen LogP contribution in [0, 0.1) is 5.92 Å². The third-order valence-corrected chi connectivity index (χ3v) is 7.22. The minimum atomic E-state index is -0.798. The van der Waals surface area contributed by atoms with Crippen molar-refractivity contribution in [1.29, 1.82) is 0 Å². The fourth-order valence-corrected chi connectivity index (χ4v) is 5.38. The Kier molecular flexibility index (Phi) is 5.71. The first kappa shape index (κ1) is 21.1. The predicted octanol–water partition coefficient (Wildman–Crippen LogP) is 4.89. The van der Waals surface area contributed by atoms with Crippen molar-refractivity contribution in [3.05, 3.63) is 64.3 Å². The van der Waals surface area contributed by atoms with E-state index in [4.69, 9.17) is 4.74 Å². The summed E-state index contributed by atoms with van der Waals surface area (Å²) >= 11 is 3.54. The Morgan fingerprint density at radius 3 is 2.62 bits per heavy atom. The molecular weight excluding hydrogens is 472 g/mol. The number of hydrogen-bond donors (Lipinski definition) is 1. The van der Waals surface area contributed by atoms with Crippen LogP contribution in [-0.2, 0) is 11.2 Å². The second-order valence-electron chi connectivity index (χ2n) is 8.72. The van der Waals surface area contributed by atoms with Crippen molar-refractivity contribution in [2.75, 3.05) is 0 Å². The smallest absolute Gasteiger partial charge is 0.307 e. The molecule has 166 valence electrons. The molecule has 3 aromatic rings. The molecule has 2 aliphatic rings. The monoisotopic (exact) mass is 496 g/mol. The van der Waals surface area contributed by atoms with Crippen LogP contribution >= 0.6 is 15.9 Å². The van der Waals surface area contributed by atoms with E-state index in [2.05, 4.69) is 35.7 Å². The summed E-state index contributed by atoms with van der Waals surface area (Å²) in [6.07, 6.45) is 6.09. The standard InChI is InChI=1S/C24H25BrN4O3/c1-14-19(24(30)31)13-16-12-17(25)7-10-20(16)29-22(14)27-28-23(29)15-5-8-18(9-6-15)32-21-4-2-3-11-26-21/h2-4,7,10-12,14-15,18-19H,5-6,8-9,13H2,1H3,(H,30,31). The summed E-state index contributed by atoms with van der Waals surface area (Å²) in [4.78, 5) is 16.3. The molecule has 1 saturated carbocycles. The number of halogens is 1. The number of hydrogen-bond acceptors (Lipinski definition) is 5. The number of rotatable bonds is 4. The van der Waals surface area contributed by atoms with Gasteiger partial charge in [0.15, 0.2) is 0 Å². The van der Waals surface area contributed by atoms with Crippen LogP contribution < -0.4 is 4.74 Å². The van der Waals surface area contributed by atoms with Crippen molar-refractivity contribution in [2.45, 2.75) is 57.0 Å². The van der Waals surface area contributed by atoms with E-state index in [0.29, 0.717) is 12.3 Å². The van der Waals surface area contributed by atoms with Crippen molar-refractivity contribution in [3.63, 3.8) is 0 Å². The Labute approximate surface area is 195 Å². The number of fused-ring (bicyclic) bond motifs is 3. The largest absolute Gasteiger partial charge is 0.481 e. The van der Waals surface area contributed by atoms with Gasteiger partial charge in [0, 0.05) is 28.6 Å². The second kappa shape index (κ2) is 8.65. The van der Waals surface area contributed by atoms with Gasteiger partial charge in [0.2, 0.25) is 5.88 Å². The van der Waals surface area contributed by atoms with Crippen LogP contribution in [0.4, 0.5) is 0 Å².